The number of hydrogen-bond acceptors (Lipinski definition) is 4. The topological polar surface area (TPSA) is 43.3 Å². The third-order valence-corrected chi connectivity index (χ3v) is 5.72. The van der Waals surface area contributed by atoms with Crippen LogP contribution in [0.1, 0.15) is 19.8 Å². The first-order valence-corrected chi connectivity index (χ1v) is 10.3. The van der Waals surface area contributed by atoms with Crippen molar-refractivity contribution in [2.75, 3.05) is 59.9 Å². The van der Waals surface area contributed by atoms with Gasteiger partial charge in [0, 0.05) is 71.7 Å². The molecule has 2 aliphatic heterocycles. The fraction of sp³-hybridized carbons (Fsp3) is 0.667. The summed E-state index contributed by atoms with van der Waals surface area (Å²) in [5.41, 5.74) is 0. The maximum absolute atomic E-state index is 6.11. The van der Waals surface area contributed by atoms with Gasteiger partial charge in [0.2, 0.25) is 0 Å². The lowest BCUT2D eigenvalue weighted by Gasteiger charge is -2.38. The van der Waals surface area contributed by atoms with Crippen LogP contribution in [-0.2, 0) is 0 Å². The molecule has 7 heteroatoms. The van der Waals surface area contributed by atoms with Gasteiger partial charge in [0.1, 0.15) is 11.9 Å². The molecule has 0 aliphatic carbocycles. The molecular weight excluding hydrogens is 465 g/mol. The van der Waals surface area contributed by atoms with Gasteiger partial charge in [0.25, 0.3) is 0 Å². The van der Waals surface area contributed by atoms with E-state index in [2.05, 4.69) is 39.0 Å². The number of guanidine groups is 1. The largest absolute Gasteiger partial charge is 0.490 e. The fourth-order valence-electron chi connectivity index (χ4n) is 3.84. The Labute approximate surface area is 187 Å². The standard InChI is InChI=1S/C21H35N5O.HI/c1-18(25-15-13-24(3)14-16-25)17-23-21(22-2)26-11-9-20(10-12-26)27-19-7-5-4-6-8-19;/h4-8,18,20H,9-17H2,1-3H3,(H,22,23);1H. The number of halogens is 1. The van der Waals surface area contributed by atoms with Crippen LogP contribution < -0.4 is 10.1 Å². The summed E-state index contributed by atoms with van der Waals surface area (Å²) >= 11 is 0. The molecular formula is C21H36IN5O. The van der Waals surface area contributed by atoms with Crippen LogP contribution in [0.2, 0.25) is 0 Å². The van der Waals surface area contributed by atoms with E-state index in [1.54, 1.807) is 0 Å². The number of benzene rings is 1. The monoisotopic (exact) mass is 501 g/mol. The predicted molar refractivity (Wildman–Crippen MR) is 127 cm³/mol. The number of likely N-dealkylation sites (tertiary alicyclic amines) is 1. The summed E-state index contributed by atoms with van der Waals surface area (Å²) in [5, 5.41) is 3.59. The van der Waals surface area contributed by atoms with E-state index < -0.39 is 0 Å². The minimum atomic E-state index is 0. The average Bonchev–Trinajstić information content (AvgIpc) is 2.71. The summed E-state index contributed by atoms with van der Waals surface area (Å²) in [6.45, 7) is 9.85. The predicted octanol–water partition coefficient (Wildman–Crippen LogP) is 2.36. The average molecular weight is 501 g/mol. The lowest BCUT2D eigenvalue weighted by atomic mass is 10.1. The maximum atomic E-state index is 6.11. The van der Waals surface area contributed by atoms with Crippen LogP contribution in [0.25, 0.3) is 0 Å². The molecule has 1 unspecified atom stereocenters. The van der Waals surface area contributed by atoms with Crippen LogP contribution in [0.15, 0.2) is 35.3 Å². The Bertz CT molecular complexity index is 584. The summed E-state index contributed by atoms with van der Waals surface area (Å²) in [6, 6.07) is 10.7. The van der Waals surface area contributed by atoms with Crippen molar-refractivity contribution < 1.29 is 4.74 Å². The molecule has 2 aliphatic rings. The SMILES string of the molecule is CN=C(NCC(C)N1CCN(C)CC1)N1CCC(Oc2ccccc2)CC1.I. The molecule has 0 spiro atoms. The van der Waals surface area contributed by atoms with E-state index in [1.165, 1.54) is 0 Å². The van der Waals surface area contributed by atoms with Crippen LogP contribution in [0.3, 0.4) is 0 Å². The van der Waals surface area contributed by atoms with Gasteiger partial charge in [-0.05, 0) is 26.1 Å². The molecule has 158 valence electrons. The minimum Gasteiger partial charge on any atom is -0.490 e. The second-order valence-electron chi connectivity index (χ2n) is 7.73. The van der Waals surface area contributed by atoms with Gasteiger partial charge < -0.3 is 19.9 Å². The zero-order chi connectivity index (χ0) is 19.1. The third kappa shape index (κ3) is 6.77. The molecule has 6 nitrogen and oxygen atoms in total. The van der Waals surface area contributed by atoms with E-state index in [-0.39, 0.29) is 24.0 Å². The molecule has 0 aromatic heterocycles. The van der Waals surface area contributed by atoms with E-state index in [4.69, 9.17) is 4.74 Å². The maximum Gasteiger partial charge on any atom is 0.193 e. The van der Waals surface area contributed by atoms with Gasteiger partial charge in [0.15, 0.2) is 5.96 Å². The summed E-state index contributed by atoms with van der Waals surface area (Å²) in [7, 11) is 4.09. The highest BCUT2D eigenvalue weighted by atomic mass is 127. The Hall–Kier alpha value is -1.06. The highest BCUT2D eigenvalue weighted by molar-refractivity contribution is 14.0. The molecule has 2 saturated heterocycles. The molecule has 0 radical (unpaired) electrons. The van der Waals surface area contributed by atoms with Crippen LogP contribution in [0, 0.1) is 0 Å². The molecule has 0 amide bonds. The number of nitrogens with zero attached hydrogens (tertiary/aromatic N) is 4. The van der Waals surface area contributed by atoms with E-state index >= 15 is 0 Å². The van der Waals surface area contributed by atoms with Gasteiger partial charge in [0.05, 0.1) is 0 Å². The number of piperidine rings is 1. The van der Waals surface area contributed by atoms with E-state index in [9.17, 15) is 0 Å². The van der Waals surface area contributed by atoms with Crippen LogP contribution in [0.4, 0.5) is 0 Å². The van der Waals surface area contributed by atoms with Gasteiger partial charge in [-0.2, -0.15) is 0 Å². The lowest BCUT2D eigenvalue weighted by Crippen LogP contribution is -2.53. The van der Waals surface area contributed by atoms with Crippen LogP contribution in [0.5, 0.6) is 5.75 Å². The van der Waals surface area contributed by atoms with Crippen LogP contribution >= 0.6 is 24.0 Å². The number of rotatable bonds is 5. The van der Waals surface area contributed by atoms with Gasteiger partial charge in [-0.3, -0.25) is 9.89 Å². The van der Waals surface area contributed by atoms with Crippen molar-refractivity contribution in [1.82, 2.24) is 20.0 Å². The first-order valence-electron chi connectivity index (χ1n) is 10.3. The Morgan fingerprint density at radius 1 is 1.11 bits per heavy atom. The van der Waals surface area contributed by atoms with Crippen molar-refractivity contribution in [3.8, 4) is 5.75 Å². The number of nitrogens with one attached hydrogen (secondary N) is 1. The molecule has 0 saturated carbocycles. The molecule has 1 aromatic rings. The van der Waals surface area contributed by atoms with Crippen molar-refractivity contribution in [2.45, 2.75) is 31.9 Å². The van der Waals surface area contributed by atoms with E-state index in [0.29, 0.717) is 12.1 Å². The zero-order valence-corrected chi connectivity index (χ0v) is 19.8. The molecule has 2 heterocycles. The van der Waals surface area contributed by atoms with Crippen molar-refractivity contribution in [2.24, 2.45) is 4.99 Å². The summed E-state index contributed by atoms with van der Waals surface area (Å²) in [4.78, 5) is 11.8. The van der Waals surface area contributed by atoms with E-state index in [0.717, 1.165) is 70.4 Å². The third-order valence-electron chi connectivity index (χ3n) is 5.72. The number of para-hydroxylation sites is 1. The normalized spacial score (nSPS) is 21.1. The molecule has 0 bridgehead atoms. The minimum absolute atomic E-state index is 0. The number of likely N-dealkylation sites (N-methyl/N-ethyl adjacent to an activating group) is 1. The van der Waals surface area contributed by atoms with Gasteiger partial charge in [-0.15, -0.1) is 24.0 Å². The van der Waals surface area contributed by atoms with Gasteiger partial charge in [-0.25, -0.2) is 0 Å². The Morgan fingerprint density at radius 2 is 1.75 bits per heavy atom. The second kappa shape index (κ2) is 11.8. The summed E-state index contributed by atoms with van der Waals surface area (Å²) in [6.07, 6.45) is 2.36. The summed E-state index contributed by atoms with van der Waals surface area (Å²) in [5.74, 6) is 1.99. The molecule has 1 N–H and O–H groups in total. The number of piperazine rings is 1. The Kier molecular flexibility index (Phi) is 9.81. The smallest absolute Gasteiger partial charge is 0.193 e. The molecule has 3 rings (SSSR count). The van der Waals surface area contributed by atoms with Gasteiger partial charge in [-0.1, -0.05) is 18.2 Å². The Balaban J connectivity index is 0.00000280. The molecule has 1 atom stereocenters. The van der Waals surface area contributed by atoms with E-state index in [1.807, 2.05) is 37.4 Å². The lowest BCUT2D eigenvalue weighted by molar-refractivity contribution is 0.117. The zero-order valence-electron chi connectivity index (χ0n) is 17.5. The quantitative estimate of drug-likeness (QED) is 0.382. The molecule has 28 heavy (non-hydrogen) atoms. The van der Waals surface area contributed by atoms with Crippen LogP contribution in [-0.4, -0.2) is 92.7 Å². The second-order valence-corrected chi connectivity index (χ2v) is 7.73. The van der Waals surface area contributed by atoms with Crippen molar-refractivity contribution >= 4 is 29.9 Å². The van der Waals surface area contributed by atoms with Crippen molar-refractivity contribution in [1.29, 1.82) is 0 Å². The van der Waals surface area contributed by atoms with Crippen molar-refractivity contribution in [3.63, 3.8) is 0 Å². The number of aliphatic imine (C=N–C) groups is 1. The summed E-state index contributed by atoms with van der Waals surface area (Å²) < 4.78 is 6.11. The van der Waals surface area contributed by atoms with Crippen molar-refractivity contribution in [3.05, 3.63) is 30.3 Å². The highest BCUT2D eigenvalue weighted by Gasteiger charge is 2.24. The molecule has 1 aromatic carbocycles. The number of ether oxygens (including phenoxy) is 1. The first kappa shape index (κ1) is 23.2. The number of hydrogen-bond donors (Lipinski definition) is 1. The Morgan fingerprint density at radius 3 is 2.36 bits per heavy atom. The fourth-order valence-corrected chi connectivity index (χ4v) is 3.84. The van der Waals surface area contributed by atoms with Gasteiger partial charge >= 0.3 is 0 Å². The molecule has 2 fully saturated rings. The first-order chi connectivity index (χ1) is 13.2. The highest BCUT2D eigenvalue weighted by Crippen LogP contribution is 2.18.